The largest absolute Gasteiger partial charge is 0.494 e. The van der Waals surface area contributed by atoms with Crippen molar-refractivity contribution in [1.82, 2.24) is 4.90 Å². The number of rotatable bonds is 13. The van der Waals surface area contributed by atoms with E-state index in [4.69, 9.17) is 4.74 Å². The standard InChI is InChI=1S/C29H43NO2/c1-3-5-6-11-20-29(31,26-16-18-27(19-17-26)32-23-4-2)28(25-14-9-7-10-15-25)24-30-21-12-8-13-22-30/h7,9-10,14-19,28,31H,3-6,8,11-13,20-24H2,1-2H3/t28-,29-/m1/s1. The Morgan fingerprint density at radius 3 is 2.25 bits per heavy atom. The van der Waals surface area contributed by atoms with Crippen molar-refractivity contribution in [1.29, 1.82) is 0 Å². The van der Waals surface area contributed by atoms with Crippen LogP contribution in [0.1, 0.15) is 88.7 Å². The number of piperidine rings is 1. The molecule has 0 aliphatic carbocycles. The second-order valence-electron chi connectivity index (χ2n) is 9.43. The molecule has 0 aromatic heterocycles. The second kappa shape index (κ2) is 13.0. The number of aliphatic hydroxyl groups is 1. The topological polar surface area (TPSA) is 32.7 Å². The summed E-state index contributed by atoms with van der Waals surface area (Å²) < 4.78 is 5.81. The molecule has 2 aromatic carbocycles. The van der Waals surface area contributed by atoms with Crippen LogP contribution >= 0.6 is 0 Å². The van der Waals surface area contributed by atoms with E-state index in [1.807, 2.05) is 12.1 Å². The van der Waals surface area contributed by atoms with Gasteiger partial charge in [0.1, 0.15) is 5.75 Å². The molecule has 3 nitrogen and oxygen atoms in total. The number of benzene rings is 2. The highest BCUT2D eigenvalue weighted by molar-refractivity contribution is 5.35. The van der Waals surface area contributed by atoms with Gasteiger partial charge in [0.2, 0.25) is 0 Å². The minimum absolute atomic E-state index is 0.0471. The number of hydrogen-bond acceptors (Lipinski definition) is 3. The first-order valence-electron chi connectivity index (χ1n) is 12.9. The summed E-state index contributed by atoms with van der Waals surface area (Å²) in [4.78, 5) is 2.57. The van der Waals surface area contributed by atoms with Crippen LogP contribution < -0.4 is 4.74 Å². The molecule has 0 radical (unpaired) electrons. The van der Waals surface area contributed by atoms with Gasteiger partial charge in [-0.2, -0.15) is 0 Å². The van der Waals surface area contributed by atoms with Gasteiger partial charge in [0.15, 0.2) is 0 Å². The highest BCUT2D eigenvalue weighted by Crippen LogP contribution is 2.42. The Hall–Kier alpha value is -1.84. The summed E-state index contributed by atoms with van der Waals surface area (Å²) in [6.45, 7) is 8.27. The van der Waals surface area contributed by atoms with Crippen molar-refractivity contribution in [2.45, 2.75) is 83.2 Å². The highest BCUT2D eigenvalue weighted by atomic mass is 16.5. The summed E-state index contributed by atoms with van der Waals surface area (Å²) in [6.07, 6.45) is 10.3. The fraction of sp³-hybridized carbons (Fsp3) is 0.586. The van der Waals surface area contributed by atoms with Crippen LogP contribution in [-0.2, 0) is 5.60 Å². The van der Waals surface area contributed by atoms with Gasteiger partial charge >= 0.3 is 0 Å². The summed E-state index contributed by atoms with van der Waals surface area (Å²) in [6, 6.07) is 18.9. The van der Waals surface area contributed by atoms with Crippen LogP contribution in [0.25, 0.3) is 0 Å². The fourth-order valence-corrected chi connectivity index (χ4v) is 5.02. The Balaban J connectivity index is 1.92. The molecule has 0 unspecified atom stereocenters. The molecule has 1 saturated heterocycles. The van der Waals surface area contributed by atoms with Gasteiger partial charge in [0, 0.05) is 12.5 Å². The third-order valence-corrected chi connectivity index (χ3v) is 6.91. The molecule has 2 aromatic rings. The Bertz CT molecular complexity index is 754. The normalized spacial score (nSPS) is 17.6. The maximum Gasteiger partial charge on any atom is 0.119 e. The van der Waals surface area contributed by atoms with Crippen LogP contribution in [0.3, 0.4) is 0 Å². The van der Waals surface area contributed by atoms with Crippen molar-refractivity contribution in [2.24, 2.45) is 0 Å². The van der Waals surface area contributed by atoms with Crippen molar-refractivity contribution >= 4 is 0 Å². The molecule has 0 bridgehead atoms. The van der Waals surface area contributed by atoms with E-state index in [1.54, 1.807) is 0 Å². The van der Waals surface area contributed by atoms with Crippen molar-refractivity contribution < 1.29 is 9.84 Å². The summed E-state index contributed by atoms with van der Waals surface area (Å²) in [5, 5.41) is 12.4. The van der Waals surface area contributed by atoms with Gasteiger partial charge in [0.05, 0.1) is 12.2 Å². The average molecular weight is 438 g/mol. The Kier molecular flexibility index (Phi) is 10.1. The average Bonchev–Trinajstić information content (AvgIpc) is 2.85. The van der Waals surface area contributed by atoms with Gasteiger partial charge in [-0.15, -0.1) is 0 Å². The minimum atomic E-state index is -0.893. The van der Waals surface area contributed by atoms with E-state index in [0.29, 0.717) is 0 Å². The van der Waals surface area contributed by atoms with E-state index in [0.717, 1.165) is 56.8 Å². The van der Waals surface area contributed by atoms with Crippen LogP contribution in [0.4, 0.5) is 0 Å². The van der Waals surface area contributed by atoms with Gasteiger partial charge in [-0.25, -0.2) is 0 Å². The second-order valence-corrected chi connectivity index (χ2v) is 9.43. The van der Waals surface area contributed by atoms with E-state index < -0.39 is 5.60 Å². The number of ether oxygens (including phenoxy) is 1. The molecule has 0 spiro atoms. The van der Waals surface area contributed by atoms with Crippen molar-refractivity contribution in [2.75, 3.05) is 26.2 Å². The summed E-state index contributed by atoms with van der Waals surface area (Å²) in [7, 11) is 0. The summed E-state index contributed by atoms with van der Waals surface area (Å²) >= 11 is 0. The van der Waals surface area contributed by atoms with Crippen molar-refractivity contribution in [3.8, 4) is 5.75 Å². The zero-order valence-electron chi connectivity index (χ0n) is 20.3. The van der Waals surface area contributed by atoms with E-state index in [-0.39, 0.29) is 5.92 Å². The quantitative estimate of drug-likeness (QED) is 0.346. The van der Waals surface area contributed by atoms with Crippen LogP contribution in [0, 0.1) is 0 Å². The van der Waals surface area contributed by atoms with E-state index in [9.17, 15) is 5.11 Å². The van der Waals surface area contributed by atoms with E-state index in [2.05, 4.69) is 61.2 Å². The zero-order chi connectivity index (χ0) is 22.7. The summed E-state index contributed by atoms with van der Waals surface area (Å²) in [5.41, 5.74) is 1.36. The van der Waals surface area contributed by atoms with Crippen LogP contribution in [0.2, 0.25) is 0 Å². The zero-order valence-corrected chi connectivity index (χ0v) is 20.3. The van der Waals surface area contributed by atoms with Crippen molar-refractivity contribution in [3.63, 3.8) is 0 Å². The first-order valence-corrected chi connectivity index (χ1v) is 12.9. The molecule has 3 heteroatoms. The molecule has 0 saturated carbocycles. The number of hydrogen-bond donors (Lipinski definition) is 1. The van der Waals surface area contributed by atoms with E-state index >= 15 is 0 Å². The third-order valence-electron chi connectivity index (χ3n) is 6.91. The van der Waals surface area contributed by atoms with Gasteiger partial charge in [-0.3, -0.25) is 0 Å². The Labute approximate surface area is 195 Å². The molecule has 2 atom stereocenters. The number of nitrogens with zero attached hydrogens (tertiary/aromatic N) is 1. The van der Waals surface area contributed by atoms with Crippen LogP contribution in [0.15, 0.2) is 54.6 Å². The molecule has 1 aliphatic heterocycles. The smallest absolute Gasteiger partial charge is 0.119 e. The van der Waals surface area contributed by atoms with Gasteiger partial charge in [0.25, 0.3) is 0 Å². The third kappa shape index (κ3) is 6.83. The monoisotopic (exact) mass is 437 g/mol. The SMILES string of the molecule is CCCCCC[C@@](O)(c1ccc(OCCC)cc1)[C@H](CN1CCCCC1)c1ccccc1. The molecular weight excluding hydrogens is 394 g/mol. The number of likely N-dealkylation sites (tertiary alicyclic amines) is 1. The molecule has 1 fully saturated rings. The Morgan fingerprint density at radius 2 is 1.59 bits per heavy atom. The fourth-order valence-electron chi connectivity index (χ4n) is 5.02. The van der Waals surface area contributed by atoms with Gasteiger partial charge < -0.3 is 14.7 Å². The maximum absolute atomic E-state index is 12.4. The molecule has 32 heavy (non-hydrogen) atoms. The first kappa shape index (κ1) is 24.8. The molecule has 1 N–H and O–H groups in total. The van der Waals surface area contributed by atoms with E-state index in [1.165, 1.54) is 44.1 Å². The molecule has 176 valence electrons. The lowest BCUT2D eigenvalue weighted by Gasteiger charge is -2.41. The molecule has 0 amide bonds. The lowest BCUT2D eigenvalue weighted by molar-refractivity contribution is -0.0167. The molecule has 1 aliphatic rings. The number of unbranched alkanes of at least 4 members (excludes halogenated alkanes) is 3. The first-order chi connectivity index (χ1) is 15.7. The van der Waals surface area contributed by atoms with Gasteiger partial charge in [-0.05, 0) is 62.0 Å². The Morgan fingerprint density at radius 1 is 0.875 bits per heavy atom. The van der Waals surface area contributed by atoms with Crippen LogP contribution in [-0.4, -0.2) is 36.2 Å². The van der Waals surface area contributed by atoms with Crippen molar-refractivity contribution in [3.05, 3.63) is 65.7 Å². The highest BCUT2D eigenvalue weighted by Gasteiger charge is 2.40. The van der Waals surface area contributed by atoms with Gasteiger partial charge in [-0.1, -0.05) is 88.4 Å². The van der Waals surface area contributed by atoms with Crippen LogP contribution in [0.5, 0.6) is 5.75 Å². The predicted octanol–water partition coefficient (Wildman–Crippen LogP) is 6.90. The lowest BCUT2D eigenvalue weighted by atomic mass is 9.73. The lowest BCUT2D eigenvalue weighted by Crippen LogP contribution is -2.42. The molecular formula is C29H43NO2. The molecule has 3 rings (SSSR count). The minimum Gasteiger partial charge on any atom is -0.494 e. The molecule has 1 heterocycles. The summed E-state index contributed by atoms with van der Waals surface area (Å²) in [5.74, 6) is 0.932. The maximum atomic E-state index is 12.4. The predicted molar refractivity (Wildman–Crippen MR) is 134 cm³/mol.